The van der Waals surface area contributed by atoms with E-state index < -0.39 is 11.2 Å². The van der Waals surface area contributed by atoms with E-state index in [1.165, 1.54) is 24.5 Å². The van der Waals surface area contributed by atoms with Crippen molar-refractivity contribution >= 4 is 11.8 Å². The average Bonchev–Trinajstić information content (AvgIpc) is 2.17. The first-order chi connectivity index (χ1) is 6.70. The van der Waals surface area contributed by atoms with Gasteiger partial charge in [-0.3, -0.25) is 10.1 Å². The molecule has 0 aliphatic carbocycles. The second kappa shape index (κ2) is 3.12. The molecule has 0 amide bonds. The van der Waals surface area contributed by atoms with Gasteiger partial charge in [-0.25, -0.2) is 0 Å². The Bertz CT molecular complexity index is 413. The predicted molar refractivity (Wildman–Crippen MR) is 48.2 cm³/mol. The molecular formula is C9H7NO4. The summed E-state index contributed by atoms with van der Waals surface area (Å²) in [6, 6.07) is 4.50. The molecule has 1 aliphatic heterocycles. The van der Waals surface area contributed by atoms with Crippen molar-refractivity contribution in [1.29, 1.82) is 0 Å². The summed E-state index contributed by atoms with van der Waals surface area (Å²) in [4.78, 5) is 10.1. The van der Waals surface area contributed by atoms with Crippen molar-refractivity contribution in [1.82, 2.24) is 0 Å². The van der Waals surface area contributed by atoms with Crippen molar-refractivity contribution in [3.8, 4) is 0 Å². The van der Waals surface area contributed by atoms with E-state index in [1.54, 1.807) is 6.07 Å². The van der Waals surface area contributed by atoms with E-state index in [0.29, 0.717) is 11.1 Å². The SMILES string of the molecule is O=[N+]([O-])c1cccc2c1C=COC2O. The highest BCUT2D eigenvalue weighted by Gasteiger charge is 2.22. The number of nitro groups is 1. The Hall–Kier alpha value is -1.88. The van der Waals surface area contributed by atoms with Crippen LogP contribution < -0.4 is 0 Å². The average molecular weight is 193 g/mol. The summed E-state index contributed by atoms with van der Waals surface area (Å²) in [6.45, 7) is 0. The quantitative estimate of drug-likeness (QED) is 0.543. The number of nitro benzene ring substituents is 1. The van der Waals surface area contributed by atoms with Crippen LogP contribution in [0.25, 0.3) is 6.08 Å². The molecule has 1 aromatic carbocycles. The summed E-state index contributed by atoms with van der Waals surface area (Å²) in [5.41, 5.74) is 0.791. The molecule has 0 spiro atoms. The Morgan fingerprint density at radius 2 is 2.29 bits per heavy atom. The third kappa shape index (κ3) is 1.23. The van der Waals surface area contributed by atoms with E-state index >= 15 is 0 Å². The lowest BCUT2D eigenvalue weighted by Crippen LogP contribution is -2.07. The molecule has 1 heterocycles. The normalized spacial score (nSPS) is 18.5. The zero-order chi connectivity index (χ0) is 10.1. The lowest BCUT2D eigenvalue weighted by atomic mass is 10.0. The van der Waals surface area contributed by atoms with Crippen LogP contribution in [-0.4, -0.2) is 10.0 Å². The highest BCUT2D eigenvalue weighted by molar-refractivity contribution is 5.65. The van der Waals surface area contributed by atoms with Crippen molar-refractivity contribution < 1.29 is 14.8 Å². The smallest absolute Gasteiger partial charge is 0.277 e. The Labute approximate surface area is 79.4 Å². The summed E-state index contributed by atoms with van der Waals surface area (Å²) in [6.07, 6.45) is 1.61. The van der Waals surface area contributed by atoms with Crippen LogP contribution in [0.2, 0.25) is 0 Å². The van der Waals surface area contributed by atoms with Crippen LogP contribution in [-0.2, 0) is 4.74 Å². The standard InChI is InChI=1S/C9H7NO4/c11-9-7-2-1-3-8(10(12)13)6(7)4-5-14-9/h1-5,9,11H. The third-order valence-electron chi connectivity index (χ3n) is 2.02. The minimum Gasteiger partial charge on any atom is -0.468 e. The molecule has 0 aromatic heterocycles. The minimum absolute atomic E-state index is 0.0268. The van der Waals surface area contributed by atoms with E-state index in [-0.39, 0.29) is 5.69 Å². The number of aliphatic hydroxyl groups excluding tert-OH is 1. The molecule has 0 bridgehead atoms. The zero-order valence-electron chi connectivity index (χ0n) is 7.08. The maximum Gasteiger partial charge on any atom is 0.277 e. The first-order valence-corrected chi connectivity index (χ1v) is 3.97. The van der Waals surface area contributed by atoms with Crippen LogP contribution in [0.1, 0.15) is 17.4 Å². The summed E-state index contributed by atoms with van der Waals surface area (Å²) >= 11 is 0. The lowest BCUT2D eigenvalue weighted by Gasteiger charge is -2.16. The maximum atomic E-state index is 10.6. The van der Waals surface area contributed by atoms with E-state index in [1.807, 2.05) is 0 Å². The Balaban J connectivity index is 2.63. The number of nitrogens with zero attached hydrogens (tertiary/aromatic N) is 1. The van der Waals surface area contributed by atoms with E-state index in [2.05, 4.69) is 0 Å². The molecule has 1 N–H and O–H groups in total. The lowest BCUT2D eigenvalue weighted by molar-refractivity contribution is -0.385. The molecule has 5 nitrogen and oxygen atoms in total. The summed E-state index contributed by atoms with van der Waals surface area (Å²) in [7, 11) is 0. The van der Waals surface area contributed by atoms with Gasteiger partial charge in [-0.1, -0.05) is 12.1 Å². The highest BCUT2D eigenvalue weighted by atomic mass is 16.6. The van der Waals surface area contributed by atoms with Gasteiger partial charge in [0.25, 0.3) is 5.69 Å². The molecule has 0 radical (unpaired) electrons. The van der Waals surface area contributed by atoms with Crippen LogP contribution >= 0.6 is 0 Å². The monoisotopic (exact) mass is 193 g/mol. The molecule has 1 unspecified atom stereocenters. The Morgan fingerprint density at radius 3 is 3.00 bits per heavy atom. The van der Waals surface area contributed by atoms with Crippen LogP contribution in [0.15, 0.2) is 24.5 Å². The third-order valence-corrected chi connectivity index (χ3v) is 2.02. The second-order valence-corrected chi connectivity index (χ2v) is 2.83. The Kier molecular flexibility index (Phi) is 1.94. The van der Waals surface area contributed by atoms with Gasteiger partial charge >= 0.3 is 0 Å². The van der Waals surface area contributed by atoms with E-state index in [9.17, 15) is 15.2 Å². The van der Waals surface area contributed by atoms with Gasteiger partial charge in [0.15, 0.2) is 0 Å². The molecular weight excluding hydrogens is 186 g/mol. The topological polar surface area (TPSA) is 72.6 Å². The zero-order valence-corrected chi connectivity index (χ0v) is 7.08. The first-order valence-electron chi connectivity index (χ1n) is 3.97. The van der Waals surface area contributed by atoms with Gasteiger partial charge in [-0.15, -0.1) is 0 Å². The molecule has 1 aromatic rings. The number of hydrogen-bond acceptors (Lipinski definition) is 4. The van der Waals surface area contributed by atoms with Crippen molar-refractivity contribution in [2.45, 2.75) is 6.29 Å². The van der Waals surface area contributed by atoms with Crippen molar-refractivity contribution in [3.63, 3.8) is 0 Å². The fraction of sp³-hybridized carbons (Fsp3) is 0.111. The summed E-state index contributed by atoms with van der Waals surface area (Å²) < 4.78 is 4.79. The molecule has 5 heteroatoms. The second-order valence-electron chi connectivity index (χ2n) is 2.83. The number of rotatable bonds is 1. The van der Waals surface area contributed by atoms with Gasteiger partial charge in [0.05, 0.1) is 16.7 Å². The van der Waals surface area contributed by atoms with Crippen molar-refractivity contribution in [2.75, 3.05) is 0 Å². The molecule has 14 heavy (non-hydrogen) atoms. The minimum atomic E-state index is -1.12. The number of ether oxygens (including phenoxy) is 1. The van der Waals surface area contributed by atoms with Crippen LogP contribution in [0.5, 0.6) is 0 Å². The van der Waals surface area contributed by atoms with Gasteiger partial charge in [-0.2, -0.15) is 0 Å². The highest BCUT2D eigenvalue weighted by Crippen LogP contribution is 2.31. The van der Waals surface area contributed by atoms with Gasteiger partial charge in [0, 0.05) is 11.6 Å². The molecule has 1 atom stereocenters. The molecule has 0 saturated heterocycles. The summed E-state index contributed by atoms with van der Waals surface area (Å²) in [5.74, 6) is 0. The van der Waals surface area contributed by atoms with E-state index in [4.69, 9.17) is 4.74 Å². The fourth-order valence-electron chi connectivity index (χ4n) is 1.38. The largest absolute Gasteiger partial charge is 0.468 e. The molecule has 0 saturated carbocycles. The van der Waals surface area contributed by atoms with Crippen LogP contribution in [0.3, 0.4) is 0 Å². The van der Waals surface area contributed by atoms with E-state index in [0.717, 1.165) is 0 Å². The number of fused-ring (bicyclic) bond motifs is 1. The maximum absolute atomic E-state index is 10.6. The number of aliphatic hydroxyl groups is 1. The van der Waals surface area contributed by atoms with Crippen LogP contribution in [0.4, 0.5) is 5.69 Å². The molecule has 72 valence electrons. The van der Waals surface area contributed by atoms with Gasteiger partial charge < -0.3 is 9.84 Å². The van der Waals surface area contributed by atoms with Gasteiger partial charge in [-0.05, 0) is 6.08 Å². The predicted octanol–water partition coefficient (Wildman–Crippen LogP) is 1.59. The number of benzene rings is 1. The molecule has 0 fully saturated rings. The first kappa shape index (κ1) is 8.71. The Morgan fingerprint density at radius 1 is 1.50 bits per heavy atom. The fourth-order valence-corrected chi connectivity index (χ4v) is 1.38. The van der Waals surface area contributed by atoms with Crippen LogP contribution in [0, 0.1) is 10.1 Å². The molecule has 1 aliphatic rings. The van der Waals surface area contributed by atoms with Gasteiger partial charge in [0.1, 0.15) is 0 Å². The van der Waals surface area contributed by atoms with Gasteiger partial charge in [0.2, 0.25) is 6.29 Å². The molecule has 2 rings (SSSR count). The van der Waals surface area contributed by atoms with Crippen molar-refractivity contribution in [2.24, 2.45) is 0 Å². The summed E-state index contributed by atoms with van der Waals surface area (Å²) in [5, 5.41) is 20.0. The number of hydrogen-bond donors (Lipinski definition) is 1. The van der Waals surface area contributed by atoms with Crippen molar-refractivity contribution in [3.05, 3.63) is 45.7 Å².